The molecule has 1 unspecified atom stereocenters. The van der Waals surface area contributed by atoms with Crippen molar-refractivity contribution in [2.24, 2.45) is 0 Å². The second-order valence-corrected chi connectivity index (χ2v) is 8.70. The van der Waals surface area contributed by atoms with Crippen molar-refractivity contribution in [3.63, 3.8) is 0 Å². The molecule has 2 amide bonds. The number of urea groups is 1. The van der Waals surface area contributed by atoms with Crippen molar-refractivity contribution in [2.45, 2.75) is 38.8 Å². The van der Waals surface area contributed by atoms with Crippen LogP contribution in [0, 0.1) is 0 Å². The molecule has 7 nitrogen and oxygen atoms in total. The highest BCUT2D eigenvalue weighted by Crippen LogP contribution is 2.15. The lowest BCUT2D eigenvalue weighted by atomic mass is 10.1. The minimum atomic E-state index is -0.972. The van der Waals surface area contributed by atoms with Gasteiger partial charge in [0.15, 0.2) is 6.10 Å². The maximum atomic E-state index is 13.0. The highest BCUT2D eigenvalue weighted by atomic mass is 16.5. The quantitative estimate of drug-likeness (QED) is 0.306. The van der Waals surface area contributed by atoms with Gasteiger partial charge in [-0.3, -0.25) is 0 Å². The summed E-state index contributed by atoms with van der Waals surface area (Å²) < 4.78 is 11.2. The third-order valence-corrected chi connectivity index (χ3v) is 5.93. The number of nitrogens with one attached hydrogen (secondary N) is 1. The van der Waals surface area contributed by atoms with Crippen LogP contribution in [0.2, 0.25) is 0 Å². The van der Waals surface area contributed by atoms with Gasteiger partial charge in [0.25, 0.3) is 0 Å². The summed E-state index contributed by atoms with van der Waals surface area (Å²) in [4.78, 5) is 26.1. The SMILES string of the molecule is CCOC(Cc1ccc(OCCN(CCCc2ccccc2)C(=O)NCc2ccccc2)cc1)C(=O)O. The molecule has 196 valence electrons. The molecule has 0 aliphatic carbocycles. The highest BCUT2D eigenvalue weighted by molar-refractivity contribution is 5.74. The zero-order chi connectivity index (χ0) is 26.3. The number of aryl methyl sites for hydroxylation is 1. The van der Waals surface area contributed by atoms with E-state index in [1.807, 2.05) is 72.8 Å². The van der Waals surface area contributed by atoms with E-state index in [-0.39, 0.29) is 6.03 Å². The van der Waals surface area contributed by atoms with Gasteiger partial charge in [-0.1, -0.05) is 72.8 Å². The van der Waals surface area contributed by atoms with E-state index in [1.165, 1.54) is 5.56 Å². The van der Waals surface area contributed by atoms with Crippen molar-refractivity contribution < 1.29 is 24.2 Å². The summed E-state index contributed by atoms with van der Waals surface area (Å²) in [6.45, 7) is 4.00. The fraction of sp³-hybridized carbons (Fsp3) is 0.333. The van der Waals surface area contributed by atoms with Gasteiger partial charge in [0, 0.05) is 26.1 Å². The Bertz CT molecular complexity index is 1070. The third kappa shape index (κ3) is 9.97. The normalized spacial score (nSPS) is 11.5. The van der Waals surface area contributed by atoms with Gasteiger partial charge in [0.05, 0.1) is 6.54 Å². The van der Waals surface area contributed by atoms with Crippen LogP contribution in [-0.4, -0.2) is 54.4 Å². The maximum absolute atomic E-state index is 13.0. The highest BCUT2D eigenvalue weighted by Gasteiger charge is 2.18. The Kier molecular flexibility index (Phi) is 11.5. The van der Waals surface area contributed by atoms with Crippen LogP contribution in [0.4, 0.5) is 4.79 Å². The number of ether oxygens (including phenoxy) is 2. The van der Waals surface area contributed by atoms with Gasteiger partial charge in [0.1, 0.15) is 12.4 Å². The number of carbonyl (C=O) groups excluding carboxylic acids is 1. The lowest BCUT2D eigenvalue weighted by Gasteiger charge is -2.23. The summed E-state index contributed by atoms with van der Waals surface area (Å²) in [5.41, 5.74) is 3.15. The maximum Gasteiger partial charge on any atom is 0.333 e. The molecule has 1 atom stereocenters. The molecule has 0 radical (unpaired) electrons. The Morgan fingerprint density at radius 2 is 1.51 bits per heavy atom. The molecular formula is C30H36N2O5. The molecule has 0 bridgehead atoms. The molecule has 0 saturated heterocycles. The Morgan fingerprint density at radius 1 is 0.865 bits per heavy atom. The lowest BCUT2D eigenvalue weighted by molar-refractivity contribution is -0.149. The van der Waals surface area contributed by atoms with Gasteiger partial charge in [-0.25, -0.2) is 9.59 Å². The Labute approximate surface area is 219 Å². The summed E-state index contributed by atoms with van der Waals surface area (Å²) in [6, 6.07) is 27.3. The number of carboxylic acids is 1. The zero-order valence-electron chi connectivity index (χ0n) is 21.3. The average molecular weight is 505 g/mol. The van der Waals surface area contributed by atoms with E-state index in [1.54, 1.807) is 11.8 Å². The number of amides is 2. The van der Waals surface area contributed by atoms with Gasteiger partial charge in [-0.2, -0.15) is 0 Å². The second kappa shape index (κ2) is 15.3. The molecule has 7 heteroatoms. The number of aliphatic carboxylic acids is 1. The molecule has 0 saturated carbocycles. The Balaban J connectivity index is 1.52. The van der Waals surface area contributed by atoms with Crippen LogP contribution in [-0.2, 0) is 28.9 Å². The molecule has 3 rings (SSSR count). The molecule has 3 aromatic carbocycles. The third-order valence-electron chi connectivity index (χ3n) is 5.93. The summed E-state index contributed by atoms with van der Waals surface area (Å²) in [5.74, 6) is -0.305. The summed E-state index contributed by atoms with van der Waals surface area (Å²) >= 11 is 0. The first-order valence-electron chi connectivity index (χ1n) is 12.7. The van der Waals surface area contributed by atoms with E-state index in [0.29, 0.717) is 45.0 Å². The number of benzene rings is 3. The van der Waals surface area contributed by atoms with E-state index in [0.717, 1.165) is 24.0 Å². The molecule has 2 N–H and O–H groups in total. The van der Waals surface area contributed by atoms with Crippen LogP contribution >= 0.6 is 0 Å². The van der Waals surface area contributed by atoms with Crippen molar-refractivity contribution in [3.05, 3.63) is 102 Å². The van der Waals surface area contributed by atoms with Crippen LogP contribution in [0.1, 0.15) is 30.0 Å². The number of carbonyl (C=O) groups is 2. The summed E-state index contributed by atoms with van der Waals surface area (Å²) in [7, 11) is 0. The van der Waals surface area contributed by atoms with Crippen LogP contribution in [0.3, 0.4) is 0 Å². The first-order valence-corrected chi connectivity index (χ1v) is 12.7. The first-order chi connectivity index (χ1) is 18.0. The Morgan fingerprint density at radius 3 is 2.14 bits per heavy atom. The minimum Gasteiger partial charge on any atom is -0.492 e. The molecule has 0 aliphatic heterocycles. The van der Waals surface area contributed by atoms with E-state index < -0.39 is 12.1 Å². The second-order valence-electron chi connectivity index (χ2n) is 8.70. The van der Waals surface area contributed by atoms with Crippen LogP contribution in [0.5, 0.6) is 5.75 Å². The van der Waals surface area contributed by atoms with Crippen molar-refractivity contribution in [1.82, 2.24) is 10.2 Å². The minimum absolute atomic E-state index is 0.119. The predicted octanol–water partition coefficient (Wildman–Crippen LogP) is 4.94. The van der Waals surface area contributed by atoms with Crippen LogP contribution in [0.15, 0.2) is 84.9 Å². The van der Waals surface area contributed by atoms with Crippen molar-refractivity contribution in [2.75, 3.05) is 26.3 Å². The monoisotopic (exact) mass is 504 g/mol. The number of nitrogens with zero attached hydrogens (tertiary/aromatic N) is 1. The molecule has 0 spiro atoms. The molecule has 3 aromatic rings. The van der Waals surface area contributed by atoms with Gasteiger partial charge < -0.3 is 24.8 Å². The van der Waals surface area contributed by atoms with E-state index >= 15 is 0 Å². The van der Waals surface area contributed by atoms with Gasteiger partial charge in [0.2, 0.25) is 0 Å². The fourth-order valence-corrected chi connectivity index (χ4v) is 3.95. The van der Waals surface area contributed by atoms with E-state index in [4.69, 9.17) is 9.47 Å². The average Bonchev–Trinajstić information content (AvgIpc) is 2.92. The molecule has 37 heavy (non-hydrogen) atoms. The Hall–Kier alpha value is -3.84. The number of hydrogen-bond donors (Lipinski definition) is 2. The lowest BCUT2D eigenvalue weighted by Crippen LogP contribution is -2.42. The molecule has 0 heterocycles. The number of rotatable bonds is 15. The van der Waals surface area contributed by atoms with Crippen molar-refractivity contribution >= 4 is 12.0 Å². The van der Waals surface area contributed by atoms with Gasteiger partial charge in [-0.05, 0) is 48.6 Å². The molecular weight excluding hydrogens is 468 g/mol. The standard InChI is InChI=1S/C30H36N2O5/c1-2-36-28(29(33)34)22-25-15-17-27(18-16-25)37-21-20-32(19-9-14-24-10-5-3-6-11-24)30(35)31-23-26-12-7-4-8-13-26/h3-8,10-13,15-18,28H,2,9,14,19-23H2,1H3,(H,31,35)(H,33,34). The molecule has 0 fully saturated rings. The largest absolute Gasteiger partial charge is 0.492 e. The van der Waals surface area contributed by atoms with Crippen molar-refractivity contribution in [3.8, 4) is 5.75 Å². The van der Waals surface area contributed by atoms with Crippen LogP contribution < -0.4 is 10.1 Å². The first kappa shape index (κ1) is 27.7. The molecule has 0 aromatic heterocycles. The summed E-state index contributed by atoms with van der Waals surface area (Å²) in [6.07, 6.45) is 1.17. The predicted molar refractivity (Wildman–Crippen MR) is 144 cm³/mol. The summed E-state index contributed by atoms with van der Waals surface area (Å²) in [5, 5.41) is 12.3. The smallest absolute Gasteiger partial charge is 0.333 e. The number of hydrogen-bond acceptors (Lipinski definition) is 4. The van der Waals surface area contributed by atoms with Gasteiger partial charge >= 0.3 is 12.0 Å². The molecule has 0 aliphatic rings. The number of carboxylic acid groups (broad SMARTS) is 1. The van der Waals surface area contributed by atoms with Crippen LogP contribution in [0.25, 0.3) is 0 Å². The van der Waals surface area contributed by atoms with Gasteiger partial charge in [-0.15, -0.1) is 0 Å². The van der Waals surface area contributed by atoms with E-state index in [2.05, 4.69) is 17.4 Å². The van der Waals surface area contributed by atoms with E-state index in [9.17, 15) is 14.7 Å². The topological polar surface area (TPSA) is 88.1 Å². The van der Waals surface area contributed by atoms with Crippen molar-refractivity contribution in [1.29, 1.82) is 0 Å². The fourth-order valence-electron chi connectivity index (χ4n) is 3.95. The zero-order valence-corrected chi connectivity index (χ0v) is 21.3.